The topological polar surface area (TPSA) is 20.2 Å². The van der Waals surface area contributed by atoms with Gasteiger partial charge in [0.25, 0.3) is 0 Å². The van der Waals surface area contributed by atoms with E-state index in [1.54, 1.807) is 0 Å². The molecule has 3 rings (SSSR count). The SMILES string of the molecule is CCc1ccc(C(O)C2Cc3ccccc32)cc1CC. The number of hydrogen-bond donors (Lipinski definition) is 1. The molecule has 1 nitrogen and oxygen atoms in total. The zero-order valence-electron chi connectivity index (χ0n) is 12.3. The zero-order valence-corrected chi connectivity index (χ0v) is 12.3. The molecule has 2 aromatic rings. The van der Waals surface area contributed by atoms with E-state index in [1.165, 1.54) is 22.3 Å². The summed E-state index contributed by atoms with van der Waals surface area (Å²) in [7, 11) is 0. The highest BCUT2D eigenvalue weighted by atomic mass is 16.3. The molecule has 2 atom stereocenters. The Morgan fingerprint density at radius 1 is 1.05 bits per heavy atom. The van der Waals surface area contributed by atoms with E-state index in [0.717, 1.165) is 24.8 Å². The molecule has 0 bridgehead atoms. The number of rotatable bonds is 4. The summed E-state index contributed by atoms with van der Waals surface area (Å²) in [5, 5.41) is 10.7. The molecule has 20 heavy (non-hydrogen) atoms. The van der Waals surface area contributed by atoms with Gasteiger partial charge in [0.05, 0.1) is 6.10 Å². The molecular weight excluding hydrogens is 244 g/mol. The standard InChI is InChI=1S/C19H22O/c1-3-13-9-10-16(11-14(13)4-2)19(20)18-12-15-7-5-6-8-17(15)18/h5-11,18-20H,3-4,12H2,1-2H3. The van der Waals surface area contributed by atoms with Gasteiger partial charge in [0.15, 0.2) is 0 Å². The second-order valence-corrected chi connectivity index (χ2v) is 5.69. The highest BCUT2D eigenvalue weighted by Crippen LogP contribution is 2.43. The van der Waals surface area contributed by atoms with E-state index in [9.17, 15) is 5.11 Å². The Morgan fingerprint density at radius 3 is 2.50 bits per heavy atom. The molecule has 2 aromatic carbocycles. The first-order chi connectivity index (χ1) is 9.74. The summed E-state index contributed by atoms with van der Waals surface area (Å²) in [6.07, 6.45) is 2.71. The molecule has 104 valence electrons. The van der Waals surface area contributed by atoms with E-state index in [1.807, 2.05) is 0 Å². The van der Waals surface area contributed by atoms with Crippen LogP contribution in [-0.2, 0) is 19.3 Å². The van der Waals surface area contributed by atoms with Crippen molar-refractivity contribution in [2.45, 2.75) is 45.1 Å². The van der Waals surface area contributed by atoms with Gasteiger partial charge < -0.3 is 5.11 Å². The van der Waals surface area contributed by atoms with Crippen LogP contribution in [0.5, 0.6) is 0 Å². The zero-order chi connectivity index (χ0) is 14.1. The van der Waals surface area contributed by atoms with Crippen molar-refractivity contribution in [1.82, 2.24) is 0 Å². The fourth-order valence-corrected chi connectivity index (χ4v) is 3.32. The summed E-state index contributed by atoms with van der Waals surface area (Å²) in [6.45, 7) is 4.37. The summed E-state index contributed by atoms with van der Waals surface area (Å²) in [6, 6.07) is 14.9. The van der Waals surface area contributed by atoms with Gasteiger partial charge in [0, 0.05) is 5.92 Å². The molecule has 1 aliphatic carbocycles. The highest BCUT2D eigenvalue weighted by Gasteiger charge is 2.32. The molecule has 1 heteroatoms. The third-order valence-corrected chi connectivity index (χ3v) is 4.61. The van der Waals surface area contributed by atoms with Crippen molar-refractivity contribution in [3.8, 4) is 0 Å². The minimum atomic E-state index is -0.374. The summed E-state index contributed by atoms with van der Waals surface area (Å²) in [5.74, 6) is 0.267. The Labute approximate surface area is 121 Å². The minimum absolute atomic E-state index is 0.267. The number of aliphatic hydroxyl groups is 1. The van der Waals surface area contributed by atoms with Gasteiger partial charge >= 0.3 is 0 Å². The van der Waals surface area contributed by atoms with E-state index in [-0.39, 0.29) is 12.0 Å². The number of benzene rings is 2. The molecule has 0 spiro atoms. The van der Waals surface area contributed by atoms with Gasteiger partial charge in [0.2, 0.25) is 0 Å². The van der Waals surface area contributed by atoms with Gasteiger partial charge in [-0.1, -0.05) is 56.3 Å². The van der Waals surface area contributed by atoms with Crippen LogP contribution in [0, 0.1) is 0 Å². The average Bonchev–Trinajstić information content (AvgIpc) is 2.47. The maximum Gasteiger partial charge on any atom is 0.0861 e. The van der Waals surface area contributed by atoms with Crippen molar-refractivity contribution in [3.63, 3.8) is 0 Å². The smallest absolute Gasteiger partial charge is 0.0861 e. The van der Waals surface area contributed by atoms with Crippen LogP contribution in [-0.4, -0.2) is 5.11 Å². The van der Waals surface area contributed by atoms with E-state index < -0.39 is 0 Å². The predicted octanol–water partition coefficient (Wildman–Crippen LogP) is 4.18. The monoisotopic (exact) mass is 266 g/mol. The Hall–Kier alpha value is -1.60. The summed E-state index contributed by atoms with van der Waals surface area (Å²) in [5.41, 5.74) is 6.54. The lowest BCUT2D eigenvalue weighted by Gasteiger charge is -2.34. The first-order valence-corrected chi connectivity index (χ1v) is 7.62. The third-order valence-electron chi connectivity index (χ3n) is 4.61. The molecule has 0 saturated heterocycles. The maximum atomic E-state index is 10.7. The van der Waals surface area contributed by atoms with Crippen LogP contribution >= 0.6 is 0 Å². The predicted molar refractivity (Wildman–Crippen MR) is 83.0 cm³/mol. The van der Waals surface area contributed by atoms with Crippen LogP contribution in [0.2, 0.25) is 0 Å². The van der Waals surface area contributed by atoms with Gasteiger partial charge in [-0.05, 0) is 47.1 Å². The van der Waals surface area contributed by atoms with Gasteiger partial charge in [-0.15, -0.1) is 0 Å². The third kappa shape index (κ3) is 2.16. The molecule has 0 fully saturated rings. The first-order valence-electron chi connectivity index (χ1n) is 7.62. The van der Waals surface area contributed by atoms with Gasteiger partial charge in [0.1, 0.15) is 0 Å². The molecule has 1 aliphatic rings. The van der Waals surface area contributed by atoms with E-state index in [0.29, 0.717) is 0 Å². The van der Waals surface area contributed by atoms with Crippen LogP contribution in [0.25, 0.3) is 0 Å². The quantitative estimate of drug-likeness (QED) is 0.880. The van der Waals surface area contributed by atoms with Crippen LogP contribution in [0.4, 0.5) is 0 Å². The van der Waals surface area contributed by atoms with Crippen molar-refractivity contribution in [3.05, 3.63) is 70.3 Å². The fraction of sp³-hybridized carbons (Fsp3) is 0.368. The van der Waals surface area contributed by atoms with Crippen molar-refractivity contribution in [2.75, 3.05) is 0 Å². The molecular formula is C19H22O. The Kier molecular flexibility index (Phi) is 3.62. The Morgan fingerprint density at radius 2 is 1.80 bits per heavy atom. The lowest BCUT2D eigenvalue weighted by molar-refractivity contribution is 0.134. The van der Waals surface area contributed by atoms with Gasteiger partial charge in [-0.25, -0.2) is 0 Å². The number of aliphatic hydroxyl groups excluding tert-OH is 1. The van der Waals surface area contributed by atoms with Crippen LogP contribution in [0.15, 0.2) is 42.5 Å². The second-order valence-electron chi connectivity index (χ2n) is 5.69. The maximum absolute atomic E-state index is 10.7. The number of hydrogen-bond acceptors (Lipinski definition) is 1. The van der Waals surface area contributed by atoms with Crippen molar-refractivity contribution < 1.29 is 5.11 Å². The Bertz CT molecular complexity index is 615. The normalized spacial score (nSPS) is 18.2. The summed E-state index contributed by atoms with van der Waals surface area (Å²) in [4.78, 5) is 0. The average molecular weight is 266 g/mol. The number of fused-ring (bicyclic) bond motifs is 1. The first kappa shape index (κ1) is 13.4. The van der Waals surface area contributed by atoms with E-state index in [4.69, 9.17) is 0 Å². The van der Waals surface area contributed by atoms with Crippen molar-refractivity contribution in [1.29, 1.82) is 0 Å². The molecule has 1 N–H and O–H groups in total. The number of aryl methyl sites for hydroxylation is 2. The van der Waals surface area contributed by atoms with E-state index in [2.05, 4.69) is 56.3 Å². The van der Waals surface area contributed by atoms with Crippen molar-refractivity contribution in [2.24, 2.45) is 0 Å². The molecule has 0 amide bonds. The van der Waals surface area contributed by atoms with Gasteiger partial charge in [-0.2, -0.15) is 0 Å². The lowest BCUT2D eigenvalue weighted by atomic mass is 9.72. The minimum Gasteiger partial charge on any atom is -0.388 e. The van der Waals surface area contributed by atoms with Gasteiger partial charge in [-0.3, -0.25) is 0 Å². The van der Waals surface area contributed by atoms with Crippen molar-refractivity contribution >= 4 is 0 Å². The largest absolute Gasteiger partial charge is 0.388 e. The summed E-state index contributed by atoms with van der Waals surface area (Å²) < 4.78 is 0. The second kappa shape index (κ2) is 5.41. The summed E-state index contributed by atoms with van der Waals surface area (Å²) >= 11 is 0. The molecule has 0 aliphatic heterocycles. The molecule has 0 heterocycles. The van der Waals surface area contributed by atoms with E-state index >= 15 is 0 Å². The fourth-order valence-electron chi connectivity index (χ4n) is 3.32. The molecule has 0 radical (unpaired) electrons. The highest BCUT2D eigenvalue weighted by molar-refractivity contribution is 5.43. The van der Waals surface area contributed by atoms with Crippen LogP contribution in [0.1, 0.15) is 53.7 Å². The Balaban J connectivity index is 1.87. The van der Waals surface area contributed by atoms with Crippen LogP contribution in [0.3, 0.4) is 0 Å². The lowest BCUT2D eigenvalue weighted by Crippen LogP contribution is -2.23. The molecule has 0 saturated carbocycles. The van der Waals surface area contributed by atoms with Crippen LogP contribution < -0.4 is 0 Å². The molecule has 0 aromatic heterocycles. The molecule has 2 unspecified atom stereocenters.